The van der Waals surface area contributed by atoms with Crippen LogP contribution in [0.25, 0.3) is 22.3 Å². The topological polar surface area (TPSA) is 118 Å². The number of nitrogens with zero attached hydrogens (tertiary/aromatic N) is 6. The number of phenolic OH excluding ortho intramolecular Hbond substituents is 1. The Bertz CT molecular complexity index is 1230. The summed E-state index contributed by atoms with van der Waals surface area (Å²) in [7, 11) is 3.63. The highest BCUT2D eigenvalue weighted by Crippen LogP contribution is 2.36. The zero-order valence-electron chi connectivity index (χ0n) is 18.7. The molecule has 2 aromatic heterocycles. The van der Waals surface area contributed by atoms with Crippen molar-refractivity contribution in [3.05, 3.63) is 35.0 Å². The maximum Gasteiger partial charge on any atom is 0.261 e. The molecule has 0 spiro atoms. The summed E-state index contributed by atoms with van der Waals surface area (Å²) in [5.41, 5.74) is 0.467. The molecule has 3 atom stereocenters. The van der Waals surface area contributed by atoms with Crippen molar-refractivity contribution < 1.29 is 9.84 Å². The van der Waals surface area contributed by atoms with Gasteiger partial charge in [-0.15, -0.1) is 10.2 Å². The lowest BCUT2D eigenvalue weighted by Gasteiger charge is -2.54. The molecule has 0 aliphatic carbocycles. The average molecular weight is 438 g/mol. The van der Waals surface area contributed by atoms with Crippen molar-refractivity contribution in [3.8, 4) is 17.1 Å². The van der Waals surface area contributed by atoms with Gasteiger partial charge in [0.1, 0.15) is 5.75 Å². The number of benzene rings is 1. The molecular weight excluding hydrogens is 410 g/mol. The number of nitrogens with one attached hydrogen (secondary N) is 1. The third-order valence-electron chi connectivity index (χ3n) is 6.55. The Morgan fingerprint density at radius 2 is 1.91 bits per heavy atom. The van der Waals surface area contributed by atoms with E-state index in [0.717, 1.165) is 12.8 Å². The number of aromatic hydroxyl groups is 1. The predicted octanol–water partition coefficient (Wildman–Crippen LogP) is 1.23. The first-order valence-corrected chi connectivity index (χ1v) is 10.6. The first kappa shape index (κ1) is 20.8. The summed E-state index contributed by atoms with van der Waals surface area (Å²) in [6, 6.07) is 3.29. The fraction of sp³-hybridized carbons (Fsp3) is 0.500. The number of phenols is 1. The van der Waals surface area contributed by atoms with E-state index in [9.17, 15) is 9.90 Å². The molecule has 4 heterocycles. The lowest BCUT2D eigenvalue weighted by Crippen LogP contribution is -2.70. The maximum absolute atomic E-state index is 12.3. The third-order valence-corrected chi connectivity index (χ3v) is 6.55. The molecule has 2 aliphatic rings. The number of hydrogen-bond donors (Lipinski definition) is 2. The number of rotatable bonds is 3. The lowest BCUT2D eigenvalue weighted by molar-refractivity contribution is -0.0628. The molecule has 1 aromatic carbocycles. The Hall–Kier alpha value is -3.11. The van der Waals surface area contributed by atoms with Crippen LogP contribution in [0.2, 0.25) is 0 Å². The largest absolute Gasteiger partial charge is 0.507 e. The second kappa shape index (κ2) is 7.21. The predicted molar refractivity (Wildman–Crippen MR) is 120 cm³/mol. The zero-order valence-corrected chi connectivity index (χ0v) is 18.7. The molecule has 0 radical (unpaired) electrons. The number of morpholine rings is 1. The summed E-state index contributed by atoms with van der Waals surface area (Å²) in [5.74, 6) is 0.857. The first-order valence-electron chi connectivity index (χ1n) is 10.6. The second-order valence-corrected chi connectivity index (χ2v) is 9.60. The number of piperidine rings is 1. The van der Waals surface area contributed by atoms with Crippen LogP contribution in [0.3, 0.4) is 0 Å². The highest BCUT2D eigenvalue weighted by Gasteiger charge is 2.47. The quantitative estimate of drug-likeness (QED) is 0.623. The number of hydrogen-bond acceptors (Lipinski definition) is 9. The molecule has 1 unspecified atom stereocenters. The minimum absolute atomic E-state index is 0.0775. The summed E-state index contributed by atoms with van der Waals surface area (Å²) in [6.07, 6.45) is 4.97. The van der Waals surface area contributed by atoms with Gasteiger partial charge in [0.25, 0.3) is 5.56 Å². The monoisotopic (exact) mass is 437 g/mol. The maximum atomic E-state index is 12.3. The van der Waals surface area contributed by atoms with Crippen LogP contribution < -0.4 is 15.8 Å². The van der Waals surface area contributed by atoms with E-state index in [-0.39, 0.29) is 34.3 Å². The molecule has 3 aromatic rings. The van der Waals surface area contributed by atoms with Crippen molar-refractivity contribution in [1.29, 1.82) is 0 Å². The summed E-state index contributed by atoms with van der Waals surface area (Å²) in [4.78, 5) is 23.1. The Morgan fingerprint density at radius 1 is 1.19 bits per heavy atom. The van der Waals surface area contributed by atoms with Crippen LogP contribution >= 0.6 is 0 Å². The lowest BCUT2D eigenvalue weighted by atomic mass is 9.76. The van der Waals surface area contributed by atoms with Gasteiger partial charge in [0, 0.05) is 31.2 Å². The van der Waals surface area contributed by atoms with Gasteiger partial charge in [0.05, 0.1) is 42.2 Å². The first-order chi connectivity index (χ1) is 15.2. The van der Waals surface area contributed by atoms with Crippen LogP contribution in [0.1, 0.15) is 26.7 Å². The SMILES string of the molecule is CN(c1cnc(-c2cc3ncn(C)c(=O)c3cc2O)nn1)C1C[C@]2(C)COC[C@](C)(C1)N2. The molecule has 0 saturated carbocycles. The van der Waals surface area contributed by atoms with E-state index in [1.54, 1.807) is 19.3 Å². The fourth-order valence-corrected chi connectivity index (χ4v) is 5.07. The van der Waals surface area contributed by atoms with E-state index in [2.05, 4.69) is 44.2 Å². The molecule has 5 rings (SSSR count). The number of ether oxygens (including phenoxy) is 1. The molecule has 10 nitrogen and oxygen atoms in total. The molecule has 2 aliphatic heterocycles. The van der Waals surface area contributed by atoms with Crippen LogP contribution in [0.4, 0.5) is 5.82 Å². The fourth-order valence-electron chi connectivity index (χ4n) is 5.07. The van der Waals surface area contributed by atoms with Gasteiger partial charge in [-0.05, 0) is 38.8 Å². The normalized spacial score (nSPS) is 27.4. The van der Waals surface area contributed by atoms with Gasteiger partial charge in [-0.2, -0.15) is 0 Å². The summed E-state index contributed by atoms with van der Waals surface area (Å²) in [6.45, 7) is 5.77. The second-order valence-electron chi connectivity index (χ2n) is 9.60. The number of anilines is 1. The van der Waals surface area contributed by atoms with Gasteiger partial charge >= 0.3 is 0 Å². The minimum atomic E-state index is -0.229. The highest BCUT2D eigenvalue weighted by atomic mass is 16.5. The Labute approximate surface area is 185 Å². The van der Waals surface area contributed by atoms with Crippen molar-refractivity contribution in [3.63, 3.8) is 0 Å². The molecule has 2 fully saturated rings. The van der Waals surface area contributed by atoms with Gasteiger partial charge < -0.3 is 24.6 Å². The molecule has 10 heteroatoms. The van der Waals surface area contributed by atoms with Crippen molar-refractivity contribution in [2.45, 2.75) is 43.8 Å². The van der Waals surface area contributed by atoms with Crippen LogP contribution in [0, 0.1) is 0 Å². The summed E-state index contributed by atoms with van der Waals surface area (Å²) < 4.78 is 7.19. The number of aromatic nitrogens is 5. The van der Waals surface area contributed by atoms with E-state index in [1.165, 1.54) is 17.0 Å². The smallest absolute Gasteiger partial charge is 0.261 e. The van der Waals surface area contributed by atoms with Crippen LogP contribution in [-0.4, -0.2) is 67.2 Å². The summed E-state index contributed by atoms with van der Waals surface area (Å²) in [5, 5.41) is 23.2. The average Bonchev–Trinajstić information content (AvgIpc) is 2.74. The molecule has 32 heavy (non-hydrogen) atoms. The summed E-state index contributed by atoms with van der Waals surface area (Å²) >= 11 is 0. The molecule has 2 bridgehead atoms. The van der Waals surface area contributed by atoms with E-state index in [1.807, 2.05) is 7.05 Å². The van der Waals surface area contributed by atoms with Crippen molar-refractivity contribution in [1.82, 2.24) is 30.0 Å². The van der Waals surface area contributed by atoms with Crippen molar-refractivity contribution in [2.75, 3.05) is 25.2 Å². The van der Waals surface area contributed by atoms with Gasteiger partial charge in [0.2, 0.25) is 0 Å². The van der Waals surface area contributed by atoms with Gasteiger partial charge in [-0.25, -0.2) is 9.97 Å². The zero-order chi connectivity index (χ0) is 22.7. The Morgan fingerprint density at radius 3 is 2.56 bits per heavy atom. The third kappa shape index (κ3) is 3.49. The van der Waals surface area contributed by atoms with E-state index >= 15 is 0 Å². The molecule has 168 valence electrons. The number of fused-ring (bicyclic) bond motifs is 3. The molecular formula is C22H27N7O3. The molecule has 0 amide bonds. The van der Waals surface area contributed by atoms with Crippen molar-refractivity contribution in [2.24, 2.45) is 7.05 Å². The Kier molecular flexibility index (Phi) is 4.68. The van der Waals surface area contributed by atoms with E-state index in [0.29, 0.717) is 35.5 Å². The number of aryl methyl sites for hydroxylation is 1. The van der Waals surface area contributed by atoms with Gasteiger partial charge in [-0.1, -0.05) is 0 Å². The van der Waals surface area contributed by atoms with Gasteiger partial charge in [-0.3, -0.25) is 4.79 Å². The molecule has 2 N–H and O–H groups in total. The van der Waals surface area contributed by atoms with Crippen LogP contribution in [-0.2, 0) is 11.8 Å². The Balaban J connectivity index is 1.43. The van der Waals surface area contributed by atoms with Gasteiger partial charge in [0.15, 0.2) is 11.6 Å². The van der Waals surface area contributed by atoms with E-state index < -0.39 is 0 Å². The standard InChI is InChI=1S/C22H27N7O3/c1-21-7-13(8-22(2,27-21)11-32-10-21)29(4)18-9-23-19(26-25-18)15-5-16-14(6-17(15)30)20(31)28(3)12-24-16/h5-6,9,12-13,27,30H,7-8,10-11H2,1-4H3/t13?,21-,22+. The van der Waals surface area contributed by atoms with Crippen LogP contribution in [0.15, 0.2) is 29.5 Å². The molecule has 2 saturated heterocycles. The minimum Gasteiger partial charge on any atom is -0.507 e. The highest BCUT2D eigenvalue weighted by molar-refractivity contribution is 5.85. The van der Waals surface area contributed by atoms with Crippen LogP contribution in [0.5, 0.6) is 5.75 Å². The van der Waals surface area contributed by atoms with E-state index in [4.69, 9.17) is 4.74 Å². The van der Waals surface area contributed by atoms with Crippen molar-refractivity contribution >= 4 is 16.7 Å².